The Bertz CT molecular complexity index is 1830. The topological polar surface area (TPSA) is 108 Å². The number of esters is 2. The SMILES string of the molecule is CC/C=C\C/C=C\C/C=C\C/C=C\C/C=C\CCCCCCCCCCCCCCCCCCCCCCCCCCCC(=O)OC(COC(=O)CCCCCCCCCCCCCCCCC/C=C\C/C=C\CCCCCCC)COP(=O)(O)OCC[N+](C)(C)C. The minimum Gasteiger partial charge on any atom is -0.462 e. The van der Waals surface area contributed by atoms with Crippen LogP contribution in [0.15, 0.2) is 85.1 Å². The molecule has 92 heavy (non-hydrogen) atoms. The van der Waals surface area contributed by atoms with Crippen molar-refractivity contribution in [2.45, 2.75) is 380 Å². The molecule has 0 rings (SSSR count). The lowest BCUT2D eigenvalue weighted by Gasteiger charge is -2.24. The van der Waals surface area contributed by atoms with E-state index in [1.807, 2.05) is 21.1 Å². The first-order valence-corrected chi connectivity index (χ1v) is 40.8. The van der Waals surface area contributed by atoms with Gasteiger partial charge in [0.15, 0.2) is 6.10 Å². The first-order valence-electron chi connectivity index (χ1n) is 39.3. The summed E-state index contributed by atoms with van der Waals surface area (Å²) in [7, 11) is 1.49. The zero-order chi connectivity index (χ0) is 66.9. The third-order valence-electron chi connectivity index (χ3n) is 17.4. The molecule has 536 valence electrons. The Morgan fingerprint density at radius 3 is 0.924 bits per heavy atom. The fraction of sp³-hybridized carbons (Fsp3) is 0.805. The quantitative estimate of drug-likeness (QED) is 0.0211. The van der Waals surface area contributed by atoms with Crippen molar-refractivity contribution in [1.29, 1.82) is 0 Å². The van der Waals surface area contributed by atoms with Crippen molar-refractivity contribution in [2.24, 2.45) is 0 Å². The van der Waals surface area contributed by atoms with E-state index < -0.39 is 26.5 Å². The Balaban J connectivity index is 3.91. The fourth-order valence-electron chi connectivity index (χ4n) is 11.4. The van der Waals surface area contributed by atoms with Gasteiger partial charge in [0.25, 0.3) is 0 Å². The van der Waals surface area contributed by atoms with Gasteiger partial charge in [-0.2, -0.15) is 0 Å². The van der Waals surface area contributed by atoms with Gasteiger partial charge in [-0.15, -0.1) is 0 Å². The van der Waals surface area contributed by atoms with E-state index in [1.165, 1.54) is 270 Å². The van der Waals surface area contributed by atoms with Crippen molar-refractivity contribution in [2.75, 3.05) is 47.5 Å². The second kappa shape index (κ2) is 72.5. The van der Waals surface area contributed by atoms with E-state index in [0.717, 1.165) is 70.6 Å². The summed E-state index contributed by atoms with van der Waals surface area (Å²) in [5.74, 6) is -0.779. The number of ether oxygens (including phenoxy) is 2. The number of phosphoric acid groups is 1. The Morgan fingerprint density at radius 1 is 0.348 bits per heavy atom. The normalized spacial score (nSPS) is 13.5. The van der Waals surface area contributed by atoms with Gasteiger partial charge in [0.05, 0.1) is 27.7 Å². The predicted octanol–water partition coefficient (Wildman–Crippen LogP) is 26.1. The molecule has 0 aliphatic rings. The van der Waals surface area contributed by atoms with Crippen LogP contribution in [0.3, 0.4) is 0 Å². The highest BCUT2D eigenvalue weighted by molar-refractivity contribution is 7.47. The van der Waals surface area contributed by atoms with Crippen LogP contribution in [0.25, 0.3) is 0 Å². The van der Waals surface area contributed by atoms with Crippen LogP contribution in [-0.4, -0.2) is 74.9 Å². The van der Waals surface area contributed by atoms with E-state index in [2.05, 4.69) is 98.9 Å². The van der Waals surface area contributed by atoms with E-state index in [1.54, 1.807) is 0 Å². The molecular formula is C82H151NO8P+. The van der Waals surface area contributed by atoms with E-state index in [4.69, 9.17) is 18.5 Å². The number of carbonyl (C=O) groups is 2. The van der Waals surface area contributed by atoms with Crippen LogP contribution in [0, 0.1) is 0 Å². The number of allylic oxidation sites excluding steroid dienone is 14. The zero-order valence-corrected chi connectivity index (χ0v) is 62.2. The number of quaternary nitrogens is 1. The molecule has 0 aliphatic heterocycles. The summed E-state index contributed by atoms with van der Waals surface area (Å²) in [6.07, 6.45) is 100. The summed E-state index contributed by atoms with van der Waals surface area (Å²) < 4.78 is 34.8. The average molecular weight is 1310 g/mol. The number of phosphoric ester groups is 1. The average Bonchev–Trinajstić information content (AvgIpc) is 2.23. The van der Waals surface area contributed by atoms with Crippen LogP contribution in [0.2, 0.25) is 0 Å². The fourth-order valence-corrected chi connectivity index (χ4v) is 12.2. The number of nitrogens with zero attached hydrogens (tertiary/aromatic N) is 1. The van der Waals surface area contributed by atoms with Gasteiger partial charge in [-0.1, -0.05) is 356 Å². The van der Waals surface area contributed by atoms with Gasteiger partial charge < -0.3 is 18.9 Å². The van der Waals surface area contributed by atoms with Crippen LogP contribution in [0.1, 0.15) is 373 Å². The first-order chi connectivity index (χ1) is 45.0. The van der Waals surface area contributed by atoms with Gasteiger partial charge >= 0.3 is 19.8 Å². The first kappa shape index (κ1) is 89.2. The number of rotatable bonds is 73. The largest absolute Gasteiger partial charge is 0.472 e. The predicted molar refractivity (Wildman–Crippen MR) is 399 cm³/mol. The minimum atomic E-state index is -4.39. The number of hydrogen-bond donors (Lipinski definition) is 1. The molecule has 0 spiro atoms. The summed E-state index contributed by atoms with van der Waals surface area (Å²) in [4.78, 5) is 36.0. The molecular weight excluding hydrogens is 1160 g/mol. The summed E-state index contributed by atoms with van der Waals surface area (Å²) >= 11 is 0. The second-order valence-corrected chi connectivity index (χ2v) is 29.2. The summed E-state index contributed by atoms with van der Waals surface area (Å²) in [6, 6.07) is 0. The van der Waals surface area contributed by atoms with Crippen molar-refractivity contribution >= 4 is 19.8 Å². The molecule has 0 heterocycles. The lowest BCUT2D eigenvalue weighted by Crippen LogP contribution is -2.37. The molecule has 0 radical (unpaired) electrons. The molecule has 10 heteroatoms. The molecule has 1 N–H and O–H groups in total. The molecule has 0 aromatic carbocycles. The molecule has 9 nitrogen and oxygen atoms in total. The number of hydrogen-bond acceptors (Lipinski definition) is 7. The molecule has 0 aromatic heterocycles. The number of carbonyl (C=O) groups excluding carboxylic acids is 2. The summed E-state index contributed by atoms with van der Waals surface area (Å²) in [5, 5.41) is 0. The third kappa shape index (κ3) is 76.2. The van der Waals surface area contributed by atoms with Crippen LogP contribution in [0.5, 0.6) is 0 Å². The van der Waals surface area contributed by atoms with Crippen molar-refractivity contribution in [1.82, 2.24) is 0 Å². The molecule has 0 fully saturated rings. The Hall–Kier alpha value is -2.81. The summed E-state index contributed by atoms with van der Waals surface area (Å²) in [5.41, 5.74) is 0. The van der Waals surface area contributed by atoms with Gasteiger partial charge in [0, 0.05) is 12.8 Å². The molecule has 0 aliphatic carbocycles. The van der Waals surface area contributed by atoms with Gasteiger partial charge in [0.2, 0.25) is 0 Å². The molecule has 0 saturated carbocycles. The maximum atomic E-state index is 12.9. The standard InChI is InChI=1S/C82H150NO8P/c1-6-8-10-12-14-16-18-20-22-24-26-28-30-32-34-35-36-37-38-39-40-41-42-43-44-45-46-47-49-51-53-55-57-59-61-63-65-67-69-71-73-75-82(85)91-80(79-90-92(86,87)89-77-76-83(3,4)5)78-88-81(84)74-72-70-68-66-64-62-60-58-56-54-52-50-48-33-31-29-27-25-23-21-19-17-15-13-11-9-7-2/h8,10,14,16,19-22,25-28,32,34,80H,6-7,9,11-13,15,17-18,23-24,29-31,33,35-79H2,1-5H3/p+1/b10-8-,16-14-,21-19-,22-20-,27-25-,28-26-,34-32-. The zero-order valence-electron chi connectivity index (χ0n) is 61.3. The van der Waals surface area contributed by atoms with Crippen LogP contribution in [-0.2, 0) is 32.7 Å². The number of likely N-dealkylation sites (N-methyl/N-ethyl adjacent to an activating group) is 1. The minimum absolute atomic E-state index is 0.0326. The maximum Gasteiger partial charge on any atom is 0.472 e. The van der Waals surface area contributed by atoms with Gasteiger partial charge in [-0.25, -0.2) is 4.57 Å². The van der Waals surface area contributed by atoms with Crippen LogP contribution >= 0.6 is 7.82 Å². The van der Waals surface area contributed by atoms with E-state index in [0.29, 0.717) is 23.9 Å². The lowest BCUT2D eigenvalue weighted by molar-refractivity contribution is -0.870. The number of unbranched alkanes of at least 4 members (excludes halogenated alkanes) is 45. The smallest absolute Gasteiger partial charge is 0.462 e. The van der Waals surface area contributed by atoms with Crippen LogP contribution in [0.4, 0.5) is 0 Å². The van der Waals surface area contributed by atoms with E-state index in [9.17, 15) is 19.0 Å². The highest BCUT2D eigenvalue weighted by Crippen LogP contribution is 2.43. The molecule has 0 aromatic rings. The van der Waals surface area contributed by atoms with Crippen molar-refractivity contribution in [3.63, 3.8) is 0 Å². The third-order valence-corrected chi connectivity index (χ3v) is 18.4. The maximum absolute atomic E-state index is 12.9. The Morgan fingerprint density at radius 2 is 0.620 bits per heavy atom. The Kier molecular flexibility index (Phi) is 70.2. The molecule has 0 amide bonds. The molecule has 0 saturated heterocycles. The highest BCUT2D eigenvalue weighted by atomic mass is 31.2. The van der Waals surface area contributed by atoms with Crippen molar-refractivity contribution < 1.29 is 42.1 Å². The monoisotopic (exact) mass is 1310 g/mol. The molecule has 0 bridgehead atoms. The van der Waals surface area contributed by atoms with Gasteiger partial charge in [-0.05, 0) is 89.9 Å². The summed E-state index contributed by atoms with van der Waals surface area (Å²) in [6.45, 7) is 4.37. The van der Waals surface area contributed by atoms with Crippen molar-refractivity contribution in [3.05, 3.63) is 85.1 Å². The molecule has 2 atom stereocenters. The Labute approximate surface area is 571 Å². The van der Waals surface area contributed by atoms with E-state index >= 15 is 0 Å². The van der Waals surface area contributed by atoms with Gasteiger partial charge in [-0.3, -0.25) is 18.6 Å². The molecule has 2 unspecified atom stereocenters. The van der Waals surface area contributed by atoms with E-state index in [-0.39, 0.29) is 25.6 Å². The van der Waals surface area contributed by atoms with Gasteiger partial charge in [0.1, 0.15) is 19.8 Å². The van der Waals surface area contributed by atoms with Crippen molar-refractivity contribution in [3.8, 4) is 0 Å². The highest BCUT2D eigenvalue weighted by Gasteiger charge is 2.27. The second-order valence-electron chi connectivity index (χ2n) is 27.7. The lowest BCUT2D eigenvalue weighted by atomic mass is 10.0. The van der Waals surface area contributed by atoms with Crippen LogP contribution < -0.4 is 0 Å².